The average Bonchev–Trinajstić information content (AvgIpc) is 2.37. The first kappa shape index (κ1) is 16.5. The summed E-state index contributed by atoms with van der Waals surface area (Å²) in [5, 5.41) is 28.1. The summed E-state index contributed by atoms with van der Waals surface area (Å²) in [5.41, 5.74) is -1.15. The number of carboxylic acid groups (broad SMARTS) is 1. The first-order valence-electron chi connectivity index (χ1n) is 5.71. The van der Waals surface area contributed by atoms with Crippen molar-refractivity contribution in [3.8, 4) is 0 Å². The number of pyridine rings is 1. The molecule has 0 saturated carbocycles. The Morgan fingerprint density at radius 2 is 2.10 bits per heavy atom. The average molecular weight is 303 g/mol. The van der Waals surface area contributed by atoms with Crippen LogP contribution in [0.15, 0.2) is 12.3 Å². The van der Waals surface area contributed by atoms with E-state index in [-0.39, 0.29) is 17.3 Å². The SMILES string of the molecule is CC(=O)SCCC(O)C(O)c1nccc(C(=O)O)c1F. The third-order valence-electron chi connectivity index (χ3n) is 2.51. The van der Waals surface area contributed by atoms with Crippen molar-refractivity contribution in [2.75, 3.05) is 5.75 Å². The Bertz CT molecular complexity index is 511. The van der Waals surface area contributed by atoms with Crippen molar-refractivity contribution in [2.24, 2.45) is 0 Å². The predicted octanol–water partition coefficient (Wildman–Crippen LogP) is 0.983. The monoisotopic (exact) mass is 303 g/mol. The smallest absolute Gasteiger partial charge is 0.338 e. The molecule has 2 atom stereocenters. The number of aliphatic hydroxyl groups excluding tert-OH is 2. The molecule has 1 aromatic rings. The van der Waals surface area contributed by atoms with Crippen LogP contribution < -0.4 is 0 Å². The lowest BCUT2D eigenvalue weighted by molar-refractivity contribution is -0.109. The number of aliphatic hydroxyl groups is 2. The predicted molar refractivity (Wildman–Crippen MR) is 69.9 cm³/mol. The van der Waals surface area contributed by atoms with Crippen LogP contribution in [-0.2, 0) is 4.79 Å². The van der Waals surface area contributed by atoms with Gasteiger partial charge in [-0.2, -0.15) is 0 Å². The Morgan fingerprint density at radius 3 is 2.65 bits per heavy atom. The molecule has 20 heavy (non-hydrogen) atoms. The number of rotatable bonds is 6. The summed E-state index contributed by atoms with van der Waals surface area (Å²) >= 11 is 0.966. The lowest BCUT2D eigenvalue weighted by atomic mass is 10.1. The first-order chi connectivity index (χ1) is 9.34. The molecule has 110 valence electrons. The molecule has 0 spiro atoms. The van der Waals surface area contributed by atoms with Crippen molar-refractivity contribution in [1.29, 1.82) is 0 Å². The second-order valence-corrected chi connectivity index (χ2v) is 5.28. The number of thioether (sulfide) groups is 1. The molecular formula is C12H14FNO5S. The third-order valence-corrected chi connectivity index (χ3v) is 3.36. The zero-order chi connectivity index (χ0) is 15.3. The molecule has 1 rings (SSSR count). The number of hydrogen-bond acceptors (Lipinski definition) is 6. The molecular weight excluding hydrogens is 289 g/mol. The molecule has 3 N–H and O–H groups in total. The highest BCUT2D eigenvalue weighted by atomic mass is 32.2. The summed E-state index contributed by atoms with van der Waals surface area (Å²) in [6.07, 6.45) is -1.90. The van der Waals surface area contributed by atoms with Gasteiger partial charge in [0.15, 0.2) is 10.9 Å². The van der Waals surface area contributed by atoms with Gasteiger partial charge in [-0.05, 0) is 12.5 Å². The highest BCUT2D eigenvalue weighted by Crippen LogP contribution is 2.23. The van der Waals surface area contributed by atoms with Crippen molar-refractivity contribution in [1.82, 2.24) is 4.98 Å². The van der Waals surface area contributed by atoms with E-state index in [0.717, 1.165) is 24.0 Å². The fourth-order valence-corrected chi connectivity index (χ4v) is 2.14. The molecule has 0 aliphatic carbocycles. The van der Waals surface area contributed by atoms with Crippen molar-refractivity contribution in [3.05, 3.63) is 29.3 Å². The van der Waals surface area contributed by atoms with E-state index < -0.39 is 35.3 Å². The molecule has 0 bridgehead atoms. The minimum absolute atomic E-state index is 0.0455. The number of carboxylic acids is 1. The number of halogens is 1. The minimum Gasteiger partial charge on any atom is -0.478 e. The van der Waals surface area contributed by atoms with Crippen LogP contribution in [-0.4, -0.2) is 43.2 Å². The Kier molecular flexibility index (Phi) is 6.05. The van der Waals surface area contributed by atoms with Crippen molar-refractivity contribution in [2.45, 2.75) is 25.6 Å². The number of aromatic carboxylic acids is 1. The molecule has 6 nitrogen and oxygen atoms in total. The maximum Gasteiger partial charge on any atom is 0.338 e. The van der Waals surface area contributed by atoms with Crippen molar-refractivity contribution >= 4 is 22.8 Å². The van der Waals surface area contributed by atoms with E-state index in [1.54, 1.807) is 0 Å². The van der Waals surface area contributed by atoms with Crippen LogP contribution in [0, 0.1) is 5.82 Å². The van der Waals surface area contributed by atoms with Crippen LogP contribution in [0.1, 0.15) is 35.5 Å². The highest BCUT2D eigenvalue weighted by Gasteiger charge is 2.26. The van der Waals surface area contributed by atoms with Gasteiger partial charge in [0.05, 0.1) is 11.7 Å². The quantitative estimate of drug-likeness (QED) is 0.719. The standard InChI is InChI=1S/C12H14FNO5S/c1-6(15)20-5-3-8(16)11(17)10-9(13)7(12(18)19)2-4-14-10/h2,4,8,11,16-17H,3,5H2,1H3,(H,18,19). The summed E-state index contributed by atoms with van der Waals surface area (Å²) in [6, 6.07) is 0.964. The number of nitrogens with zero attached hydrogens (tertiary/aromatic N) is 1. The molecule has 0 aliphatic rings. The molecule has 2 unspecified atom stereocenters. The van der Waals surface area contributed by atoms with E-state index in [9.17, 15) is 24.2 Å². The van der Waals surface area contributed by atoms with Gasteiger partial charge in [0.25, 0.3) is 0 Å². The molecule has 0 aliphatic heterocycles. The van der Waals surface area contributed by atoms with E-state index in [1.807, 2.05) is 0 Å². The Labute approximate surface area is 118 Å². The molecule has 0 fully saturated rings. The minimum atomic E-state index is -1.65. The van der Waals surface area contributed by atoms with Gasteiger partial charge in [0.2, 0.25) is 0 Å². The number of aromatic nitrogens is 1. The van der Waals surface area contributed by atoms with Gasteiger partial charge in [0.1, 0.15) is 11.8 Å². The summed E-state index contributed by atoms with van der Waals surface area (Å²) < 4.78 is 13.8. The zero-order valence-corrected chi connectivity index (χ0v) is 11.4. The van der Waals surface area contributed by atoms with Gasteiger partial charge in [0, 0.05) is 18.9 Å². The number of hydrogen-bond donors (Lipinski definition) is 3. The Balaban J connectivity index is 2.81. The highest BCUT2D eigenvalue weighted by molar-refractivity contribution is 8.13. The second-order valence-electron chi connectivity index (χ2n) is 4.00. The van der Waals surface area contributed by atoms with Gasteiger partial charge >= 0.3 is 5.97 Å². The first-order valence-corrected chi connectivity index (χ1v) is 6.70. The van der Waals surface area contributed by atoms with Gasteiger partial charge in [-0.25, -0.2) is 9.18 Å². The van der Waals surface area contributed by atoms with Crippen LogP contribution in [0.4, 0.5) is 4.39 Å². The van der Waals surface area contributed by atoms with Crippen LogP contribution in [0.5, 0.6) is 0 Å². The summed E-state index contributed by atoms with van der Waals surface area (Å²) in [4.78, 5) is 25.0. The van der Waals surface area contributed by atoms with Crippen molar-refractivity contribution < 1.29 is 29.3 Å². The van der Waals surface area contributed by atoms with E-state index in [0.29, 0.717) is 0 Å². The molecule has 0 aromatic carbocycles. The van der Waals surface area contributed by atoms with Crippen LogP contribution in [0.25, 0.3) is 0 Å². The fraction of sp³-hybridized carbons (Fsp3) is 0.417. The maximum absolute atomic E-state index is 13.8. The lowest BCUT2D eigenvalue weighted by Gasteiger charge is -2.17. The Hall–Kier alpha value is -1.51. The van der Waals surface area contributed by atoms with E-state index in [2.05, 4.69) is 4.98 Å². The van der Waals surface area contributed by atoms with E-state index >= 15 is 0 Å². The molecule has 1 aromatic heterocycles. The van der Waals surface area contributed by atoms with Gasteiger partial charge in [-0.1, -0.05) is 11.8 Å². The second kappa shape index (κ2) is 7.32. The summed E-state index contributed by atoms with van der Waals surface area (Å²) in [5.74, 6) is -2.40. The Morgan fingerprint density at radius 1 is 1.45 bits per heavy atom. The van der Waals surface area contributed by atoms with Crippen LogP contribution >= 0.6 is 11.8 Å². The largest absolute Gasteiger partial charge is 0.478 e. The van der Waals surface area contributed by atoms with Crippen LogP contribution in [0.2, 0.25) is 0 Å². The topological polar surface area (TPSA) is 108 Å². The molecule has 0 amide bonds. The van der Waals surface area contributed by atoms with Gasteiger partial charge in [-0.15, -0.1) is 0 Å². The normalized spacial score (nSPS) is 13.8. The van der Waals surface area contributed by atoms with Crippen LogP contribution in [0.3, 0.4) is 0 Å². The molecule has 0 radical (unpaired) electrons. The maximum atomic E-state index is 13.8. The lowest BCUT2D eigenvalue weighted by Crippen LogP contribution is -2.22. The number of carbonyl (C=O) groups is 2. The third kappa shape index (κ3) is 4.26. The fourth-order valence-electron chi connectivity index (χ4n) is 1.49. The van der Waals surface area contributed by atoms with E-state index in [4.69, 9.17) is 5.11 Å². The van der Waals surface area contributed by atoms with Gasteiger partial charge in [-0.3, -0.25) is 9.78 Å². The summed E-state index contributed by atoms with van der Waals surface area (Å²) in [6.45, 7) is 1.37. The van der Waals surface area contributed by atoms with Gasteiger partial charge < -0.3 is 15.3 Å². The molecule has 0 saturated heterocycles. The van der Waals surface area contributed by atoms with Crippen molar-refractivity contribution in [3.63, 3.8) is 0 Å². The molecule has 8 heteroatoms. The zero-order valence-electron chi connectivity index (χ0n) is 10.6. The molecule has 1 heterocycles. The number of carbonyl (C=O) groups excluding carboxylic acids is 1. The van der Waals surface area contributed by atoms with E-state index in [1.165, 1.54) is 6.92 Å². The summed E-state index contributed by atoms with van der Waals surface area (Å²) in [7, 11) is 0.